The van der Waals surface area contributed by atoms with E-state index in [0.29, 0.717) is 0 Å². The molecule has 0 spiro atoms. The molecular weight excluding hydrogens is 184 g/mol. The first-order chi connectivity index (χ1) is 7.03. The fourth-order valence-electron chi connectivity index (χ4n) is 2.43. The molecule has 2 N–H and O–H groups in total. The summed E-state index contributed by atoms with van der Waals surface area (Å²) in [4.78, 5) is 2.67. The molecule has 1 rings (SSSR count). The molecule has 0 aromatic heterocycles. The first kappa shape index (κ1) is 13.0. The zero-order chi connectivity index (χ0) is 11.3. The fourth-order valence-corrected chi connectivity index (χ4v) is 2.43. The number of hydrogen-bond acceptors (Lipinski definition) is 2. The molecule has 1 heterocycles. The van der Waals surface area contributed by atoms with E-state index in [-0.39, 0.29) is 5.54 Å². The normalized spacial score (nSPS) is 25.2. The fraction of sp³-hybridized carbons (Fsp3) is 1.00. The zero-order valence-electron chi connectivity index (χ0n) is 10.8. The molecule has 0 aliphatic carbocycles. The van der Waals surface area contributed by atoms with E-state index < -0.39 is 0 Å². The molecule has 1 fully saturated rings. The van der Waals surface area contributed by atoms with Gasteiger partial charge >= 0.3 is 0 Å². The molecule has 1 saturated heterocycles. The van der Waals surface area contributed by atoms with Crippen molar-refractivity contribution < 1.29 is 0 Å². The van der Waals surface area contributed by atoms with Crippen LogP contribution in [0.15, 0.2) is 0 Å². The van der Waals surface area contributed by atoms with Gasteiger partial charge in [0, 0.05) is 18.1 Å². The van der Waals surface area contributed by atoms with Crippen molar-refractivity contribution in [2.45, 2.75) is 70.9 Å². The van der Waals surface area contributed by atoms with E-state index in [1.807, 2.05) is 0 Å². The van der Waals surface area contributed by atoms with Crippen LogP contribution in [-0.2, 0) is 0 Å². The second-order valence-corrected chi connectivity index (χ2v) is 5.69. The smallest absolute Gasteiger partial charge is 0.0109 e. The monoisotopic (exact) mass is 212 g/mol. The summed E-state index contributed by atoms with van der Waals surface area (Å²) in [6.45, 7) is 9.05. The van der Waals surface area contributed by atoms with Gasteiger partial charge < -0.3 is 10.6 Å². The van der Waals surface area contributed by atoms with Crippen LogP contribution in [0.1, 0.15) is 59.3 Å². The lowest BCUT2D eigenvalue weighted by Crippen LogP contribution is -2.41. The van der Waals surface area contributed by atoms with Crippen LogP contribution in [0.25, 0.3) is 0 Å². The highest BCUT2D eigenvalue weighted by Gasteiger charge is 2.21. The van der Waals surface area contributed by atoms with E-state index in [4.69, 9.17) is 5.73 Å². The maximum absolute atomic E-state index is 6.05. The average molecular weight is 212 g/mol. The molecular formula is C13H28N2. The third-order valence-electron chi connectivity index (χ3n) is 3.51. The average Bonchev–Trinajstić information content (AvgIpc) is 2.37. The Morgan fingerprint density at radius 3 is 2.60 bits per heavy atom. The molecule has 1 aliphatic rings. The van der Waals surface area contributed by atoms with Gasteiger partial charge in [-0.25, -0.2) is 0 Å². The molecule has 15 heavy (non-hydrogen) atoms. The first-order valence-electron chi connectivity index (χ1n) is 6.56. The Bertz CT molecular complexity index is 172. The molecule has 0 radical (unpaired) electrons. The Balaban J connectivity index is 2.41. The van der Waals surface area contributed by atoms with Crippen LogP contribution < -0.4 is 5.73 Å². The Morgan fingerprint density at radius 2 is 2.00 bits per heavy atom. The van der Waals surface area contributed by atoms with E-state index >= 15 is 0 Å². The Kier molecular flexibility index (Phi) is 5.07. The Labute approximate surface area is 95.2 Å². The lowest BCUT2D eigenvalue weighted by Gasteiger charge is -2.31. The lowest BCUT2D eigenvalue weighted by atomic mass is 10.0. The van der Waals surface area contributed by atoms with Crippen molar-refractivity contribution in [2.24, 2.45) is 5.73 Å². The third kappa shape index (κ3) is 4.98. The topological polar surface area (TPSA) is 29.3 Å². The van der Waals surface area contributed by atoms with E-state index in [1.165, 1.54) is 45.2 Å². The van der Waals surface area contributed by atoms with Gasteiger partial charge in [-0.1, -0.05) is 19.8 Å². The van der Waals surface area contributed by atoms with Crippen molar-refractivity contribution in [1.29, 1.82) is 0 Å². The van der Waals surface area contributed by atoms with Gasteiger partial charge in [0.2, 0.25) is 0 Å². The Hall–Kier alpha value is -0.0800. The van der Waals surface area contributed by atoms with Crippen molar-refractivity contribution in [3.05, 3.63) is 0 Å². The molecule has 0 amide bonds. The van der Waals surface area contributed by atoms with E-state index in [2.05, 4.69) is 25.7 Å². The number of likely N-dealkylation sites (tertiary alicyclic amines) is 1. The highest BCUT2D eigenvalue weighted by atomic mass is 15.2. The maximum atomic E-state index is 6.05. The molecule has 2 heteroatoms. The summed E-state index contributed by atoms with van der Waals surface area (Å²) in [7, 11) is 0. The van der Waals surface area contributed by atoms with Crippen LogP contribution in [0.5, 0.6) is 0 Å². The van der Waals surface area contributed by atoms with Gasteiger partial charge in [-0.15, -0.1) is 0 Å². The molecule has 1 atom stereocenters. The summed E-state index contributed by atoms with van der Waals surface area (Å²) < 4.78 is 0. The summed E-state index contributed by atoms with van der Waals surface area (Å²) in [5.74, 6) is 0. The van der Waals surface area contributed by atoms with Gasteiger partial charge in [0.15, 0.2) is 0 Å². The van der Waals surface area contributed by atoms with Crippen LogP contribution in [-0.4, -0.2) is 29.6 Å². The summed E-state index contributed by atoms with van der Waals surface area (Å²) in [6, 6.07) is 0.815. The van der Waals surface area contributed by atoms with Crippen molar-refractivity contribution >= 4 is 0 Å². The quantitative estimate of drug-likeness (QED) is 0.776. The van der Waals surface area contributed by atoms with Crippen LogP contribution in [0.3, 0.4) is 0 Å². The lowest BCUT2D eigenvalue weighted by molar-refractivity contribution is 0.180. The van der Waals surface area contributed by atoms with Crippen LogP contribution in [0.4, 0.5) is 0 Å². The minimum absolute atomic E-state index is 0.00933. The van der Waals surface area contributed by atoms with E-state index in [1.54, 1.807) is 0 Å². The van der Waals surface area contributed by atoms with Crippen molar-refractivity contribution in [3.63, 3.8) is 0 Å². The number of rotatable bonds is 4. The van der Waals surface area contributed by atoms with Gasteiger partial charge in [-0.05, 0) is 46.1 Å². The van der Waals surface area contributed by atoms with Gasteiger partial charge in [0.1, 0.15) is 0 Å². The van der Waals surface area contributed by atoms with Gasteiger partial charge in [-0.3, -0.25) is 0 Å². The molecule has 2 nitrogen and oxygen atoms in total. The van der Waals surface area contributed by atoms with Gasteiger partial charge in [0.25, 0.3) is 0 Å². The van der Waals surface area contributed by atoms with Gasteiger partial charge in [0.05, 0.1) is 0 Å². The second-order valence-electron chi connectivity index (χ2n) is 5.69. The predicted molar refractivity (Wildman–Crippen MR) is 67.0 cm³/mol. The first-order valence-corrected chi connectivity index (χ1v) is 6.56. The van der Waals surface area contributed by atoms with Crippen LogP contribution in [0.2, 0.25) is 0 Å². The van der Waals surface area contributed by atoms with Crippen molar-refractivity contribution in [1.82, 2.24) is 4.90 Å². The standard InChI is InChI=1S/C13H28N2/c1-4-12-8-6-5-7-10-15(12)11-9-13(2,3)14/h12H,4-11,14H2,1-3H3. The molecule has 1 aliphatic heterocycles. The Morgan fingerprint density at radius 1 is 1.27 bits per heavy atom. The third-order valence-corrected chi connectivity index (χ3v) is 3.51. The highest BCUT2D eigenvalue weighted by Crippen LogP contribution is 2.20. The summed E-state index contributed by atoms with van der Waals surface area (Å²) in [6.07, 6.45) is 8.01. The number of hydrogen-bond donors (Lipinski definition) is 1. The van der Waals surface area contributed by atoms with Crippen molar-refractivity contribution in [3.8, 4) is 0 Å². The molecule has 0 aromatic carbocycles. The molecule has 0 saturated carbocycles. The van der Waals surface area contributed by atoms with Gasteiger partial charge in [-0.2, -0.15) is 0 Å². The zero-order valence-corrected chi connectivity index (χ0v) is 10.8. The number of nitrogens with zero attached hydrogens (tertiary/aromatic N) is 1. The molecule has 0 bridgehead atoms. The SMILES string of the molecule is CCC1CCCCCN1CCC(C)(C)N. The maximum Gasteiger partial charge on any atom is 0.0109 e. The highest BCUT2D eigenvalue weighted by molar-refractivity contribution is 4.79. The van der Waals surface area contributed by atoms with Crippen LogP contribution >= 0.6 is 0 Å². The van der Waals surface area contributed by atoms with Crippen molar-refractivity contribution in [2.75, 3.05) is 13.1 Å². The molecule has 1 unspecified atom stereocenters. The molecule has 0 aromatic rings. The summed E-state index contributed by atoms with van der Waals surface area (Å²) in [5, 5.41) is 0. The predicted octanol–water partition coefficient (Wildman–Crippen LogP) is 2.77. The second kappa shape index (κ2) is 5.86. The number of nitrogens with two attached hydrogens (primary N) is 1. The minimum atomic E-state index is -0.00933. The van der Waals surface area contributed by atoms with E-state index in [9.17, 15) is 0 Å². The van der Waals surface area contributed by atoms with E-state index in [0.717, 1.165) is 12.5 Å². The summed E-state index contributed by atoms with van der Waals surface area (Å²) in [5.41, 5.74) is 6.04. The largest absolute Gasteiger partial charge is 0.326 e. The minimum Gasteiger partial charge on any atom is -0.326 e. The van der Waals surface area contributed by atoms with Crippen LogP contribution in [0, 0.1) is 0 Å². The molecule has 90 valence electrons. The summed E-state index contributed by atoms with van der Waals surface area (Å²) >= 11 is 0.